The molecule has 0 amide bonds. The monoisotopic (exact) mass is 476 g/mol. The van der Waals surface area contributed by atoms with Gasteiger partial charge in [0.15, 0.2) is 17.9 Å². The number of alkyl halides is 4. The first-order chi connectivity index (χ1) is 11.8. The van der Waals surface area contributed by atoms with Crippen molar-refractivity contribution in [3.05, 3.63) is 29.6 Å². The fourth-order valence-electron chi connectivity index (χ4n) is 2.91. The van der Waals surface area contributed by atoms with Crippen LogP contribution in [0.4, 0.5) is 17.6 Å². The normalized spacial score (nSPS) is 30.9. The van der Waals surface area contributed by atoms with Crippen LogP contribution in [0.25, 0.3) is 0 Å². The lowest BCUT2D eigenvalue weighted by molar-refractivity contribution is -0.275. The van der Waals surface area contributed by atoms with E-state index in [2.05, 4.69) is 27.3 Å². The highest BCUT2D eigenvalue weighted by Crippen LogP contribution is 2.33. The molecule has 0 aliphatic carbocycles. The molecule has 1 aromatic rings. The summed E-state index contributed by atoms with van der Waals surface area (Å²) in [6.45, 7) is 1.49. The predicted molar refractivity (Wildman–Crippen MR) is 88.0 cm³/mol. The van der Waals surface area contributed by atoms with Gasteiger partial charge in [0.2, 0.25) is 0 Å². The van der Waals surface area contributed by atoms with Crippen LogP contribution >= 0.6 is 22.6 Å². The Morgan fingerprint density at radius 3 is 2.32 bits per heavy atom. The molecule has 9 heteroatoms. The summed E-state index contributed by atoms with van der Waals surface area (Å²) in [6.07, 6.45) is -3.66. The maximum absolute atomic E-state index is 13.8. The van der Waals surface area contributed by atoms with Gasteiger partial charge in [-0.1, -0.05) is 28.7 Å². The van der Waals surface area contributed by atoms with Crippen LogP contribution in [0.2, 0.25) is 0 Å². The molecule has 0 radical (unpaired) electrons. The lowest BCUT2D eigenvalue weighted by Crippen LogP contribution is -2.40. The molecule has 2 heterocycles. The second kappa shape index (κ2) is 7.93. The predicted octanol–water partition coefficient (Wildman–Crippen LogP) is 4.37. The van der Waals surface area contributed by atoms with Gasteiger partial charge in [0, 0.05) is 15.4 Å². The van der Waals surface area contributed by atoms with Crippen molar-refractivity contribution in [1.82, 2.24) is 0 Å². The Labute approximate surface area is 155 Å². The molecular formula is C16H17F4IO4. The van der Waals surface area contributed by atoms with Crippen molar-refractivity contribution in [2.45, 2.75) is 35.5 Å². The van der Waals surface area contributed by atoms with Crippen LogP contribution in [0.3, 0.4) is 0 Å². The number of benzene rings is 1. The van der Waals surface area contributed by atoms with E-state index in [0.717, 1.165) is 25.0 Å². The van der Waals surface area contributed by atoms with Crippen molar-refractivity contribution in [2.75, 3.05) is 19.8 Å². The van der Waals surface area contributed by atoms with E-state index >= 15 is 0 Å². The highest BCUT2D eigenvalue weighted by Gasteiger charge is 2.34. The molecule has 0 spiro atoms. The summed E-state index contributed by atoms with van der Waals surface area (Å²) in [4.78, 5) is 0. The second-order valence-corrected chi connectivity index (χ2v) is 7.80. The Hall–Kier alpha value is -0.650. The first-order valence-electron chi connectivity index (χ1n) is 7.86. The summed E-state index contributed by atoms with van der Waals surface area (Å²) in [6, 6.07) is 3.15. The molecule has 0 N–H and O–H groups in total. The van der Waals surface area contributed by atoms with Gasteiger partial charge in [-0.3, -0.25) is 0 Å². The van der Waals surface area contributed by atoms with Gasteiger partial charge in [0.05, 0.1) is 25.9 Å². The number of halogens is 5. The summed E-state index contributed by atoms with van der Waals surface area (Å²) in [5.41, 5.74) is 0.308. The van der Waals surface area contributed by atoms with E-state index in [9.17, 15) is 17.6 Å². The van der Waals surface area contributed by atoms with Crippen LogP contribution in [0.1, 0.15) is 24.7 Å². The van der Waals surface area contributed by atoms with E-state index in [1.165, 1.54) is 6.07 Å². The fourth-order valence-corrected chi connectivity index (χ4v) is 3.48. The molecule has 2 unspecified atom stereocenters. The van der Waals surface area contributed by atoms with Gasteiger partial charge in [-0.05, 0) is 25.0 Å². The van der Waals surface area contributed by atoms with E-state index < -0.39 is 24.2 Å². The lowest BCUT2D eigenvalue weighted by Gasteiger charge is -2.36. The lowest BCUT2D eigenvalue weighted by atomic mass is 9.96. The Balaban J connectivity index is 1.57. The first kappa shape index (κ1) is 19.1. The second-order valence-electron chi connectivity index (χ2n) is 6.04. The third-order valence-electron chi connectivity index (χ3n) is 4.16. The third kappa shape index (κ3) is 5.18. The molecule has 2 aliphatic rings. The zero-order chi connectivity index (χ0) is 18.0. The van der Waals surface area contributed by atoms with E-state index in [1.807, 2.05) is 0 Å². The topological polar surface area (TPSA) is 36.9 Å². The molecule has 2 saturated heterocycles. The Morgan fingerprint density at radius 2 is 1.76 bits per heavy atom. The fraction of sp³-hybridized carbons (Fsp3) is 0.625. The highest BCUT2D eigenvalue weighted by molar-refractivity contribution is 14.1. The molecule has 1 aromatic carbocycles. The number of hydrogen-bond acceptors (Lipinski definition) is 4. The summed E-state index contributed by atoms with van der Waals surface area (Å²) in [5.74, 6) is -1.90. The minimum atomic E-state index is -4.94. The SMILES string of the molecule is Fc1cc(C2OCC(C3CCC(I)CO3)CO2)ccc1OC(F)(F)F. The molecule has 0 aromatic heterocycles. The van der Waals surface area contributed by atoms with Crippen LogP contribution in [-0.4, -0.2) is 36.2 Å². The van der Waals surface area contributed by atoms with Crippen LogP contribution in [-0.2, 0) is 14.2 Å². The van der Waals surface area contributed by atoms with E-state index in [1.54, 1.807) is 0 Å². The van der Waals surface area contributed by atoms with Crippen molar-refractivity contribution in [3.8, 4) is 5.75 Å². The van der Waals surface area contributed by atoms with Gasteiger partial charge >= 0.3 is 6.36 Å². The molecule has 2 atom stereocenters. The standard InChI is InChI=1S/C16H17F4IO4/c17-12-5-9(1-3-14(12)25-16(18,19)20)15-23-6-10(7-24-15)13-4-2-11(21)8-22-13/h1,3,5,10-11,13,15H,2,4,6-8H2. The van der Waals surface area contributed by atoms with Gasteiger partial charge < -0.3 is 18.9 Å². The Kier molecular flexibility index (Phi) is 6.07. The highest BCUT2D eigenvalue weighted by atomic mass is 127. The molecular weight excluding hydrogens is 459 g/mol. The van der Waals surface area contributed by atoms with E-state index in [-0.39, 0.29) is 12.0 Å². The third-order valence-corrected chi connectivity index (χ3v) is 5.14. The zero-order valence-corrected chi connectivity index (χ0v) is 15.3. The van der Waals surface area contributed by atoms with Crippen LogP contribution in [0, 0.1) is 11.7 Å². The molecule has 2 aliphatic heterocycles. The van der Waals surface area contributed by atoms with Gasteiger partial charge in [0.25, 0.3) is 0 Å². The van der Waals surface area contributed by atoms with Crippen molar-refractivity contribution in [1.29, 1.82) is 0 Å². The van der Waals surface area contributed by atoms with Crippen molar-refractivity contribution >= 4 is 22.6 Å². The molecule has 2 fully saturated rings. The molecule has 25 heavy (non-hydrogen) atoms. The van der Waals surface area contributed by atoms with Crippen molar-refractivity contribution in [3.63, 3.8) is 0 Å². The van der Waals surface area contributed by atoms with E-state index in [0.29, 0.717) is 29.3 Å². The van der Waals surface area contributed by atoms with Crippen LogP contribution < -0.4 is 4.74 Å². The van der Waals surface area contributed by atoms with Gasteiger partial charge in [-0.15, -0.1) is 13.2 Å². The van der Waals surface area contributed by atoms with Crippen molar-refractivity contribution in [2.24, 2.45) is 5.92 Å². The van der Waals surface area contributed by atoms with E-state index in [4.69, 9.17) is 14.2 Å². The molecule has 4 nitrogen and oxygen atoms in total. The maximum atomic E-state index is 13.8. The van der Waals surface area contributed by atoms with Gasteiger partial charge in [0.1, 0.15) is 0 Å². The average molecular weight is 476 g/mol. The largest absolute Gasteiger partial charge is 0.573 e. The molecule has 3 rings (SSSR count). The Morgan fingerprint density at radius 1 is 1.04 bits per heavy atom. The summed E-state index contributed by atoms with van der Waals surface area (Å²) >= 11 is 2.36. The minimum Gasteiger partial charge on any atom is -0.403 e. The number of ether oxygens (including phenoxy) is 4. The zero-order valence-electron chi connectivity index (χ0n) is 13.1. The first-order valence-corrected chi connectivity index (χ1v) is 9.10. The van der Waals surface area contributed by atoms with Crippen LogP contribution in [0.15, 0.2) is 18.2 Å². The number of rotatable bonds is 3. The van der Waals surface area contributed by atoms with Gasteiger partial charge in [-0.2, -0.15) is 0 Å². The molecule has 140 valence electrons. The van der Waals surface area contributed by atoms with Crippen LogP contribution in [0.5, 0.6) is 5.75 Å². The average Bonchev–Trinajstić information content (AvgIpc) is 2.56. The number of hydrogen-bond donors (Lipinski definition) is 0. The Bertz CT molecular complexity index is 582. The van der Waals surface area contributed by atoms with Gasteiger partial charge in [-0.25, -0.2) is 4.39 Å². The molecule has 0 saturated carbocycles. The minimum absolute atomic E-state index is 0.0752. The summed E-state index contributed by atoms with van der Waals surface area (Å²) in [7, 11) is 0. The molecule has 0 bridgehead atoms. The summed E-state index contributed by atoms with van der Waals surface area (Å²) < 4.78 is 71.5. The maximum Gasteiger partial charge on any atom is 0.573 e. The quantitative estimate of drug-likeness (QED) is 0.369. The summed E-state index contributed by atoms with van der Waals surface area (Å²) in [5, 5.41) is 0. The smallest absolute Gasteiger partial charge is 0.403 e. The van der Waals surface area contributed by atoms with Crippen molar-refractivity contribution < 1.29 is 36.5 Å².